The smallest absolute Gasteiger partial charge is 0.309 e. The van der Waals surface area contributed by atoms with E-state index in [4.69, 9.17) is 39.9 Å². The lowest BCUT2D eigenvalue weighted by atomic mass is 10.1. The van der Waals surface area contributed by atoms with Gasteiger partial charge in [0.15, 0.2) is 0 Å². The van der Waals surface area contributed by atoms with E-state index in [0.29, 0.717) is 32.0 Å². The van der Waals surface area contributed by atoms with Crippen LogP contribution in [0.2, 0.25) is 15.1 Å². The van der Waals surface area contributed by atoms with Crippen molar-refractivity contribution in [2.24, 2.45) is 0 Å². The highest BCUT2D eigenvalue weighted by atomic mass is 35.5. The maximum atomic E-state index is 10.7. The molecule has 0 bridgehead atoms. The van der Waals surface area contributed by atoms with Crippen LogP contribution in [0, 0.1) is 0 Å². The molecular weight excluding hydrogens is 309 g/mol. The lowest BCUT2D eigenvalue weighted by Gasteiger charge is -2.09. The Morgan fingerprint density at radius 2 is 1.68 bits per heavy atom. The van der Waals surface area contributed by atoms with Crippen molar-refractivity contribution in [1.82, 2.24) is 4.98 Å². The summed E-state index contributed by atoms with van der Waals surface area (Å²) in [6.07, 6.45) is -0.188. The Morgan fingerprint density at radius 3 is 2.26 bits per heavy atom. The Hall–Kier alpha value is -1.29. The van der Waals surface area contributed by atoms with Gasteiger partial charge in [-0.3, -0.25) is 9.78 Å². The average molecular weight is 317 g/mol. The standard InChI is InChI=1S/C13H8Cl3NO2/c14-8-2-1-3-9(15)12(8)13-10(16)5-4-7(17-13)6-11(18)19/h1-5H,6H2,(H,18,19). The van der Waals surface area contributed by atoms with Crippen molar-refractivity contribution >= 4 is 40.8 Å². The van der Waals surface area contributed by atoms with Gasteiger partial charge in [0.2, 0.25) is 0 Å². The number of benzene rings is 1. The zero-order valence-corrected chi connectivity index (χ0v) is 11.8. The van der Waals surface area contributed by atoms with Gasteiger partial charge < -0.3 is 5.11 Å². The van der Waals surface area contributed by atoms with Crippen LogP contribution in [0.25, 0.3) is 11.3 Å². The quantitative estimate of drug-likeness (QED) is 0.916. The molecule has 0 radical (unpaired) electrons. The molecule has 0 aliphatic carbocycles. The summed E-state index contributed by atoms with van der Waals surface area (Å²) in [5.74, 6) is -0.967. The molecule has 0 atom stereocenters. The number of rotatable bonds is 3. The highest BCUT2D eigenvalue weighted by molar-refractivity contribution is 6.40. The van der Waals surface area contributed by atoms with Gasteiger partial charge in [-0.1, -0.05) is 40.9 Å². The van der Waals surface area contributed by atoms with E-state index in [-0.39, 0.29) is 6.42 Å². The van der Waals surface area contributed by atoms with Crippen LogP contribution in [-0.4, -0.2) is 16.1 Å². The van der Waals surface area contributed by atoms with E-state index in [1.807, 2.05) is 0 Å². The van der Waals surface area contributed by atoms with E-state index < -0.39 is 5.97 Å². The number of hydrogen-bond acceptors (Lipinski definition) is 2. The van der Waals surface area contributed by atoms with Gasteiger partial charge in [0, 0.05) is 5.56 Å². The van der Waals surface area contributed by atoms with Crippen LogP contribution in [0.4, 0.5) is 0 Å². The van der Waals surface area contributed by atoms with Gasteiger partial charge in [-0.05, 0) is 24.3 Å². The van der Waals surface area contributed by atoms with Gasteiger partial charge in [0.05, 0.1) is 32.9 Å². The SMILES string of the molecule is O=C(O)Cc1ccc(Cl)c(-c2c(Cl)cccc2Cl)n1. The Bertz CT molecular complexity index is 624. The Labute approximate surface area is 124 Å². The zero-order chi connectivity index (χ0) is 14.0. The van der Waals surface area contributed by atoms with Crippen LogP contribution < -0.4 is 0 Å². The Morgan fingerprint density at radius 1 is 1.05 bits per heavy atom. The third kappa shape index (κ3) is 3.18. The average Bonchev–Trinajstić information content (AvgIpc) is 2.32. The van der Waals surface area contributed by atoms with Crippen molar-refractivity contribution < 1.29 is 9.90 Å². The molecule has 1 aromatic carbocycles. The van der Waals surface area contributed by atoms with E-state index in [1.165, 1.54) is 0 Å². The molecule has 0 aliphatic rings. The third-order valence-corrected chi connectivity index (χ3v) is 3.37. The van der Waals surface area contributed by atoms with Crippen LogP contribution in [0.1, 0.15) is 5.69 Å². The van der Waals surface area contributed by atoms with Crippen molar-refractivity contribution in [3.05, 3.63) is 51.1 Å². The summed E-state index contributed by atoms with van der Waals surface area (Å²) in [6.45, 7) is 0. The van der Waals surface area contributed by atoms with Crippen LogP contribution in [0.15, 0.2) is 30.3 Å². The van der Waals surface area contributed by atoms with Gasteiger partial charge in [-0.2, -0.15) is 0 Å². The van der Waals surface area contributed by atoms with Gasteiger partial charge in [-0.25, -0.2) is 0 Å². The summed E-state index contributed by atoms with van der Waals surface area (Å²) >= 11 is 18.3. The molecule has 98 valence electrons. The van der Waals surface area contributed by atoms with Gasteiger partial charge in [0.25, 0.3) is 0 Å². The summed E-state index contributed by atoms with van der Waals surface area (Å²) in [6, 6.07) is 8.20. The largest absolute Gasteiger partial charge is 0.481 e. The fourth-order valence-electron chi connectivity index (χ4n) is 1.64. The number of carboxylic acids is 1. The maximum absolute atomic E-state index is 10.7. The van der Waals surface area contributed by atoms with Crippen molar-refractivity contribution in [3.63, 3.8) is 0 Å². The summed E-state index contributed by atoms with van der Waals surface area (Å²) in [5, 5.41) is 9.97. The minimum atomic E-state index is -0.967. The van der Waals surface area contributed by atoms with E-state index >= 15 is 0 Å². The highest BCUT2D eigenvalue weighted by Crippen LogP contribution is 2.37. The number of carbonyl (C=O) groups is 1. The van der Waals surface area contributed by atoms with E-state index in [9.17, 15) is 4.79 Å². The van der Waals surface area contributed by atoms with E-state index in [2.05, 4.69) is 4.98 Å². The van der Waals surface area contributed by atoms with Crippen LogP contribution in [-0.2, 0) is 11.2 Å². The highest BCUT2D eigenvalue weighted by Gasteiger charge is 2.14. The first-order valence-electron chi connectivity index (χ1n) is 5.30. The summed E-state index contributed by atoms with van der Waals surface area (Å²) in [7, 11) is 0. The van der Waals surface area contributed by atoms with Gasteiger partial charge in [-0.15, -0.1) is 0 Å². The number of aliphatic carboxylic acids is 1. The minimum absolute atomic E-state index is 0.188. The van der Waals surface area contributed by atoms with Crippen molar-refractivity contribution in [2.45, 2.75) is 6.42 Å². The fourth-order valence-corrected chi connectivity index (χ4v) is 2.41. The molecule has 0 unspecified atom stereocenters. The predicted molar refractivity (Wildman–Crippen MR) is 76.0 cm³/mol. The molecule has 0 spiro atoms. The second-order valence-electron chi connectivity index (χ2n) is 3.80. The molecule has 0 amide bonds. The molecule has 6 heteroatoms. The summed E-state index contributed by atoms with van der Waals surface area (Å²) in [5.41, 5.74) is 1.28. The molecule has 2 aromatic rings. The molecular formula is C13H8Cl3NO2. The number of aromatic nitrogens is 1. The van der Waals surface area contributed by atoms with Crippen molar-refractivity contribution in [1.29, 1.82) is 0 Å². The first kappa shape index (κ1) is 14.1. The fraction of sp³-hybridized carbons (Fsp3) is 0.0769. The van der Waals surface area contributed by atoms with Crippen LogP contribution in [0.3, 0.4) is 0 Å². The second-order valence-corrected chi connectivity index (χ2v) is 5.02. The predicted octanol–water partition coefficient (Wildman–Crippen LogP) is 4.34. The number of nitrogens with zero attached hydrogens (tertiary/aromatic N) is 1. The molecule has 1 heterocycles. The topological polar surface area (TPSA) is 50.2 Å². The molecule has 0 fully saturated rings. The van der Waals surface area contributed by atoms with Gasteiger partial charge in [0.1, 0.15) is 0 Å². The number of pyridine rings is 1. The summed E-state index contributed by atoms with van der Waals surface area (Å²) < 4.78 is 0. The maximum Gasteiger partial charge on any atom is 0.309 e. The first-order valence-corrected chi connectivity index (χ1v) is 6.44. The molecule has 0 aliphatic heterocycles. The lowest BCUT2D eigenvalue weighted by molar-refractivity contribution is -0.136. The molecule has 0 saturated heterocycles. The van der Waals surface area contributed by atoms with Gasteiger partial charge >= 0.3 is 5.97 Å². The molecule has 1 N–H and O–H groups in total. The molecule has 1 aromatic heterocycles. The molecule has 3 nitrogen and oxygen atoms in total. The van der Waals surface area contributed by atoms with Crippen molar-refractivity contribution in [3.8, 4) is 11.3 Å². The van der Waals surface area contributed by atoms with Crippen LogP contribution in [0.5, 0.6) is 0 Å². The lowest BCUT2D eigenvalue weighted by Crippen LogP contribution is -2.03. The number of carboxylic acid groups (broad SMARTS) is 1. The first-order chi connectivity index (χ1) is 8.99. The monoisotopic (exact) mass is 315 g/mol. The summed E-state index contributed by atoms with van der Waals surface area (Å²) in [4.78, 5) is 14.9. The van der Waals surface area contributed by atoms with Crippen LogP contribution >= 0.6 is 34.8 Å². The second kappa shape index (κ2) is 5.78. The Balaban J connectivity index is 2.58. The molecule has 19 heavy (non-hydrogen) atoms. The Kier molecular flexibility index (Phi) is 4.30. The molecule has 2 rings (SSSR count). The number of halogens is 3. The van der Waals surface area contributed by atoms with E-state index in [1.54, 1.807) is 30.3 Å². The third-order valence-electron chi connectivity index (χ3n) is 2.44. The van der Waals surface area contributed by atoms with Crippen molar-refractivity contribution in [2.75, 3.05) is 0 Å². The zero-order valence-electron chi connectivity index (χ0n) is 9.53. The minimum Gasteiger partial charge on any atom is -0.481 e. The number of hydrogen-bond donors (Lipinski definition) is 1. The molecule has 0 saturated carbocycles. The van der Waals surface area contributed by atoms with E-state index in [0.717, 1.165) is 0 Å². The normalized spacial score (nSPS) is 10.5.